The number of ether oxygens (including phenoxy) is 1. The molecule has 0 aliphatic rings. The lowest BCUT2D eigenvalue weighted by molar-refractivity contribution is 0.305. The Kier molecular flexibility index (Phi) is 5.46. The van der Waals surface area contributed by atoms with E-state index in [1.54, 1.807) is 19.3 Å². The molecule has 0 spiro atoms. The van der Waals surface area contributed by atoms with Gasteiger partial charge in [0.1, 0.15) is 5.76 Å². The lowest BCUT2D eigenvalue weighted by atomic mass is 10.2. The van der Waals surface area contributed by atoms with Gasteiger partial charge in [-0.2, -0.15) is 5.26 Å². The molecule has 2 nitrogen and oxygen atoms in total. The van der Waals surface area contributed by atoms with Crippen LogP contribution >= 0.6 is 0 Å². The molecule has 0 unspecified atom stereocenters. The Morgan fingerprint density at radius 1 is 1.67 bits per heavy atom. The Bertz CT molecular complexity index is 243. The molecule has 12 heavy (non-hydrogen) atoms. The van der Waals surface area contributed by atoms with E-state index in [0.717, 1.165) is 11.3 Å². The summed E-state index contributed by atoms with van der Waals surface area (Å²) in [4.78, 5) is 0. The zero-order valence-electron chi connectivity index (χ0n) is 7.50. The summed E-state index contributed by atoms with van der Waals surface area (Å²) in [6, 6.07) is 2.05. The highest BCUT2D eigenvalue weighted by Gasteiger charge is 1.92. The Morgan fingerprint density at radius 2 is 2.33 bits per heavy atom. The molecule has 0 aliphatic carbocycles. The third-order valence-corrected chi connectivity index (χ3v) is 1.39. The van der Waals surface area contributed by atoms with E-state index < -0.39 is 0 Å². The van der Waals surface area contributed by atoms with Gasteiger partial charge in [0.25, 0.3) is 0 Å². The maximum Gasteiger partial charge on any atom is 0.114 e. The first-order chi connectivity index (χ1) is 5.78. The third-order valence-electron chi connectivity index (χ3n) is 1.39. The first-order valence-electron chi connectivity index (χ1n) is 3.68. The lowest BCUT2D eigenvalue weighted by Crippen LogP contribution is -1.84. The Hall–Kier alpha value is -1.49. The summed E-state index contributed by atoms with van der Waals surface area (Å²) in [7, 11) is 1.60. The van der Waals surface area contributed by atoms with E-state index >= 15 is 0 Å². The van der Waals surface area contributed by atoms with Crippen LogP contribution in [0.1, 0.15) is 13.3 Å². The molecule has 0 rings (SSSR count). The standard InChI is InChI=1S/C10H13NO/c1-4-9(6-7-11)8-10(5-2)12-3/h4-5,8H,1,6H2,2-3H3/b9-8+,10-5+. The number of hydrogen-bond acceptors (Lipinski definition) is 2. The zero-order chi connectivity index (χ0) is 9.40. The van der Waals surface area contributed by atoms with E-state index in [4.69, 9.17) is 10.00 Å². The molecule has 0 aliphatic heterocycles. The van der Waals surface area contributed by atoms with Gasteiger partial charge < -0.3 is 4.74 Å². The van der Waals surface area contributed by atoms with Crippen LogP contribution in [0.25, 0.3) is 0 Å². The van der Waals surface area contributed by atoms with E-state index in [0.29, 0.717) is 6.42 Å². The summed E-state index contributed by atoms with van der Waals surface area (Å²) in [6.45, 7) is 5.48. The van der Waals surface area contributed by atoms with Crippen molar-refractivity contribution in [2.45, 2.75) is 13.3 Å². The van der Waals surface area contributed by atoms with Gasteiger partial charge in [-0.05, 0) is 24.6 Å². The van der Waals surface area contributed by atoms with Crippen molar-refractivity contribution < 1.29 is 4.74 Å². The van der Waals surface area contributed by atoms with Crippen molar-refractivity contribution in [3.63, 3.8) is 0 Å². The number of allylic oxidation sites excluding steroid dienone is 4. The second kappa shape index (κ2) is 6.23. The van der Waals surface area contributed by atoms with E-state index in [1.165, 1.54) is 0 Å². The second-order valence-corrected chi connectivity index (χ2v) is 2.15. The Labute approximate surface area is 73.5 Å². The summed E-state index contributed by atoms with van der Waals surface area (Å²) in [5, 5.41) is 8.43. The van der Waals surface area contributed by atoms with Gasteiger partial charge in [0.15, 0.2) is 0 Å². The number of rotatable bonds is 4. The van der Waals surface area contributed by atoms with Crippen molar-refractivity contribution in [3.05, 3.63) is 36.1 Å². The molecule has 0 aromatic carbocycles. The first kappa shape index (κ1) is 10.5. The molecule has 0 saturated carbocycles. The fraction of sp³-hybridized carbons (Fsp3) is 0.300. The number of methoxy groups -OCH3 is 1. The normalized spacial score (nSPS) is 12.1. The summed E-state index contributed by atoms with van der Waals surface area (Å²) >= 11 is 0. The van der Waals surface area contributed by atoms with Gasteiger partial charge in [-0.1, -0.05) is 12.7 Å². The lowest BCUT2D eigenvalue weighted by Gasteiger charge is -2.00. The Morgan fingerprint density at radius 3 is 2.67 bits per heavy atom. The van der Waals surface area contributed by atoms with Crippen molar-refractivity contribution in [3.8, 4) is 6.07 Å². The molecule has 0 aromatic rings. The van der Waals surface area contributed by atoms with Crippen LogP contribution in [0.15, 0.2) is 36.1 Å². The van der Waals surface area contributed by atoms with E-state index in [-0.39, 0.29) is 0 Å². The van der Waals surface area contributed by atoms with Crippen molar-refractivity contribution in [2.75, 3.05) is 7.11 Å². The fourth-order valence-corrected chi connectivity index (χ4v) is 0.716. The molecule has 0 radical (unpaired) electrons. The highest BCUT2D eigenvalue weighted by atomic mass is 16.5. The average Bonchev–Trinajstić information content (AvgIpc) is 2.12. The van der Waals surface area contributed by atoms with E-state index in [9.17, 15) is 0 Å². The van der Waals surface area contributed by atoms with Crippen molar-refractivity contribution in [1.29, 1.82) is 5.26 Å². The molecular weight excluding hydrogens is 150 g/mol. The zero-order valence-corrected chi connectivity index (χ0v) is 7.50. The minimum Gasteiger partial charge on any atom is -0.497 e. The van der Waals surface area contributed by atoms with Crippen LogP contribution in [0.3, 0.4) is 0 Å². The molecule has 0 amide bonds. The fourth-order valence-electron chi connectivity index (χ4n) is 0.716. The quantitative estimate of drug-likeness (QED) is 0.471. The molecule has 0 saturated heterocycles. The molecule has 0 fully saturated rings. The molecule has 0 heterocycles. The van der Waals surface area contributed by atoms with Crippen molar-refractivity contribution in [2.24, 2.45) is 0 Å². The van der Waals surface area contributed by atoms with Crippen molar-refractivity contribution in [1.82, 2.24) is 0 Å². The highest BCUT2D eigenvalue weighted by molar-refractivity contribution is 5.27. The van der Waals surface area contributed by atoms with Crippen LogP contribution in [0.5, 0.6) is 0 Å². The highest BCUT2D eigenvalue weighted by Crippen LogP contribution is 2.07. The van der Waals surface area contributed by atoms with E-state index in [1.807, 2.05) is 19.1 Å². The largest absolute Gasteiger partial charge is 0.497 e. The van der Waals surface area contributed by atoms with Gasteiger partial charge in [0, 0.05) is 0 Å². The number of nitriles is 1. The summed E-state index contributed by atoms with van der Waals surface area (Å²) in [5.41, 5.74) is 0.868. The molecule has 2 heteroatoms. The van der Waals surface area contributed by atoms with Gasteiger partial charge in [-0.15, -0.1) is 0 Å². The molecule has 0 atom stereocenters. The van der Waals surface area contributed by atoms with Gasteiger partial charge in [0.05, 0.1) is 19.6 Å². The average molecular weight is 163 g/mol. The van der Waals surface area contributed by atoms with Crippen LogP contribution in [-0.4, -0.2) is 7.11 Å². The summed E-state index contributed by atoms with van der Waals surface area (Å²) in [5.74, 6) is 0.750. The van der Waals surface area contributed by atoms with Crippen LogP contribution < -0.4 is 0 Å². The van der Waals surface area contributed by atoms with Gasteiger partial charge >= 0.3 is 0 Å². The molecule has 0 aromatic heterocycles. The SMILES string of the molecule is C=C/C(=C\C(=C/C)OC)CC#N. The van der Waals surface area contributed by atoms with Gasteiger partial charge in [-0.25, -0.2) is 0 Å². The monoisotopic (exact) mass is 163 g/mol. The van der Waals surface area contributed by atoms with Crippen LogP contribution in [0.2, 0.25) is 0 Å². The number of nitrogens with zero attached hydrogens (tertiary/aromatic N) is 1. The first-order valence-corrected chi connectivity index (χ1v) is 3.68. The summed E-state index contributed by atoms with van der Waals surface area (Å²) in [6.07, 6.45) is 5.66. The molecule has 64 valence electrons. The topological polar surface area (TPSA) is 33.0 Å². The number of hydrogen-bond donors (Lipinski definition) is 0. The van der Waals surface area contributed by atoms with Crippen LogP contribution in [-0.2, 0) is 4.74 Å². The third kappa shape index (κ3) is 3.62. The smallest absolute Gasteiger partial charge is 0.114 e. The second-order valence-electron chi connectivity index (χ2n) is 2.15. The molecule has 0 bridgehead atoms. The molecular formula is C10H13NO. The minimum absolute atomic E-state index is 0.365. The Balaban J connectivity index is 4.48. The van der Waals surface area contributed by atoms with Crippen LogP contribution in [0.4, 0.5) is 0 Å². The maximum absolute atomic E-state index is 8.43. The molecule has 0 N–H and O–H groups in total. The predicted octanol–water partition coefficient (Wildman–Crippen LogP) is 2.56. The van der Waals surface area contributed by atoms with Gasteiger partial charge in [-0.3, -0.25) is 0 Å². The van der Waals surface area contributed by atoms with Crippen molar-refractivity contribution >= 4 is 0 Å². The maximum atomic E-state index is 8.43. The van der Waals surface area contributed by atoms with E-state index in [2.05, 4.69) is 6.58 Å². The summed E-state index contributed by atoms with van der Waals surface area (Å²) < 4.78 is 5.01. The minimum atomic E-state index is 0.365. The predicted molar refractivity (Wildman–Crippen MR) is 49.3 cm³/mol. The van der Waals surface area contributed by atoms with Gasteiger partial charge in [0.2, 0.25) is 0 Å². The van der Waals surface area contributed by atoms with Crippen LogP contribution in [0, 0.1) is 11.3 Å².